The fraction of sp³-hybridized carbons (Fsp3) is 0.400. The third-order valence-electron chi connectivity index (χ3n) is 2.44. The first kappa shape index (κ1) is 12.2. The number of imidazole rings is 1. The lowest BCUT2D eigenvalue weighted by atomic mass is 10.2. The minimum absolute atomic E-state index is 0.339. The van der Waals surface area contributed by atoms with Gasteiger partial charge >= 0.3 is 5.97 Å². The van der Waals surface area contributed by atoms with E-state index in [4.69, 9.17) is 9.84 Å². The lowest BCUT2D eigenvalue weighted by Gasteiger charge is -2.14. The van der Waals surface area contributed by atoms with Crippen LogP contribution in [0.3, 0.4) is 0 Å². The van der Waals surface area contributed by atoms with Crippen molar-refractivity contribution in [3.05, 3.63) is 12.7 Å². The molecule has 0 bridgehead atoms. The summed E-state index contributed by atoms with van der Waals surface area (Å²) in [5.41, 5.74) is 1.07. The molecule has 2 aromatic rings. The normalized spacial score (nSPS) is 12.5. The summed E-state index contributed by atoms with van der Waals surface area (Å²) in [6.45, 7) is 0.348. The average molecular weight is 251 g/mol. The average Bonchev–Trinajstić information content (AvgIpc) is 2.83. The summed E-state index contributed by atoms with van der Waals surface area (Å²) in [5, 5.41) is 11.9. The van der Waals surface area contributed by atoms with Gasteiger partial charge in [0.05, 0.1) is 6.33 Å². The van der Waals surface area contributed by atoms with Crippen molar-refractivity contribution in [3.8, 4) is 0 Å². The van der Waals surface area contributed by atoms with Gasteiger partial charge in [0.25, 0.3) is 0 Å². The number of hydrogen-bond donors (Lipinski definition) is 3. The van der Waals surface area contributed by atoms with Crippen molar-refractivity contribution >= 4 is 23.0 Å². The molecule has 0 amide bonds. The molecule has 2 heterocycles. The monoisotopic (exact) mass is 251 g/mol. The number of aromatic amines is 1. The van der Waals surface area contributed by atoms with Crippen molar-refractivity contribution < 1.29 is 14.6 Å². The van der Waals surface area contributed by atoms with E-state index in [1.807, 2.05) is 0 Å². The highest BCUT2D eigenvalue weighted by molar-refractivity contribution is 5.85. The number of carbonyl (C=O) groups is 1. The maximum atomic E-state index is 11.1. The summed E-state index contributed by atoms with van der Waals surface area (Å²) in [4.78, 5) is 25.9. The summed E-state index contributed by atoms with van der Waals surface area (Å²) >= 11 is 0. The second-order valence-electron chi connectivity index (χ2n) is 3.64. The molecule has 0 aliphatic heterocycles. The van der Waals surface area contributed by atoms with Gasteiger partial charge in [-0.25, -0.2) is 19.7 Å². The van der Waals surface area contributed by atoms with E-state index in [0.29, 0.717) is 30.0 Å². The van der Waals surface area contributed by atoms with Crippen LogP contribution in [0.15, 0.2) is 12.7 Å². The quantitative estimate of drug-likeness (QED) is 0.674. The Morgan fingerprint density at radius 3 is 3.11 bits per heavy atom. The van der Waals surface area contributed by atoms with Crippen LogP contribution in [0.2, 0.25) is 0 Å². The van der Waals surface area contributed by atoms with Crippen LogP contribution in [0.25, 0.3) is 11.2 Å². The zero-order valence-corrected chi connectivity index (χ0v) is 9.75. The van der Waals surface area contributed by atoms with E-state index >= 15 is 0 Å². The first-order valence-electron chi connectivity index (χ1n) is 5.34. The van der Waals surface area contributed by atoms with Crippen molar-refractivity contribution in [2.24, 2.45) is 0 Å². The number of fused-ring (bicyclic) bond motifs is 1. The van der Waals surface area contributed by atoms with Gasteiger partial charge in [0.1, 0.15) is 17.9 Å². The number of carboxylic acids is 1. The Balaban J connectivity index is 2.20. The van der Waals surface area contributed by atoms with Crippen molar-refractivity contribution in [2.45, 2.75) is 12.5 Å². The van der Waals surface area contributed by atoms with Crippen LogP contribution in [0.4, 0.5) is 5.82 Å². The number of carboxylic acid groups (broad SMARTS) is 1. The number of hydrogen-bond acceptors (Lipinski definition) is 6. The van der Waals surface area contributed by atoms with Crippen molar-refractivity contribution in [3.63, 3.8) is 0 Å². The zero-order chi connectivity index (χ0) is 13.0. The van der Waals surface area contributed by atoms with E-state index in [-0.39, 0.29) is 0 Å². The van der Waals surface area contributed by atoms with Gasteiger partial charge < -0.3 is 20.1 Å². The van der Waals surface area contributed by atoms with Gasteiger partial charge in [-0.1, -0.05) is 0 Å². The van der Waals surface area contributed by atoms with Crippen molar-refractivity contribution in [2.75, 3.05) is 19.0 Å². The third-order valence-corrected chi connectivity index (χ3v) is 2.44. The number of aromatic nitrogens is 4. The lowest BCUT2D eigenvalue weighted by Crippen LogP contribution is -2.31. The Morgan fingerprint density at radius 2 is 2.39 bits per heavy atom. The largest absolute Gasteiger partial charge is 0.480 e. The molecule has 8 heteroatoms. The molecule has 0 radical (unpaired) electrons. The smallest absolute Gasteiger partial charge is 0.326 e. The van der Waals surface area contributed by atoms with Crippen LogP contribution in [0, 0.1) is 0 Å². The summed E-state index contributed by atoms with van der Waals surface area (Å²) in [6, 6.07) is -0.772. The molecule has 0 aromatic carbocycles. The van der Waals surface area contributed by atoms with E-state index < -0.39 is 12.0 Å². The Hall–Kier alpha value is -2.22. The number of H-pyrrole nitrogens is 1. The van der Waals surface area contributed by atoms with Crippen LogP contribution >= 0.6 is 0 Å². The maximum absolute atomic E-state index is 11.1. The summed E-state index contributed by atoms with van der Waals surface area (Å²) in [5.74, 6) is -0.542. The van der Waals surface area contributed by atoms with Crippen molar-refractivity contribution in [1.82, 2.24) is 19.9 Å². The Bertz CT molecular complexity index is 541. The number of ether oxygens (including phenoxy) is 1. The summed E-state index contributed by atoms with van der Waals surface area (Å²) in [7, 11) is 1.52. The molecule has 18 heavy (non-hydrogen) atoms. The van der Waals surface area contributed by atoms with Crippen LogP contribution in [0.5, 0.6) is 0 Å². The van der Waals surface area contributed by atoms with Crippen LogP contribution < -0.4 is 5.32 Å². The lowest BCUT2D eigenvalue weighted by molar-refractivity contribution is -0.138. The molecule has 96 valence electrons. The fourth-order valence-electron chi connectivity index (χ4n) is 1.53. The Kier molecular flexibility index (Phi) is 3.68. The van der Waals surface area contributed by atoms with Gasteiger partial charge in [-0.05, 0) is 0 Å². The van der Waals surface area contributed by atoms with Crippen LogP contribution in [0.1, 0.15) is 6.42 Å². The fourth-order valence-corrected chi connectivity index (χ4v) is 1.53. The zero-order valence-electron chi connectivity index (χ0n) is 9.75. The third kappa shape index (κ3) is 2.54. The molecular formula is C10H13N5O3. The molecular weight excluding hydrogens is 238 g/mol. The van der Waals surface area contributed by atoms with Gasteiger partial charge in [-0.2, -0.15) is 0 Å². The van der Waals surface area contributed by atoms with E-state index in [9.17, 15) is 4.79 Å². The molecule has 0 spiro atoms. The minimum Gasteiger partial charge on any atom is -0.480 e. The number of methoxy groups -OCH3 is 1. The summed E-state index contributed by atoms with van der Waals surface area (Å²) in [6.07, 6.45) is 3.15. The number of nitrogens with zero attached hydrogens (tertiary/aromatic N) is 3. The predicted molar refractivity (Wildman–Crippen MR) is 63.2 cm³/mol. The first-order chi connectivity index (χ1) is 8.72. The second kappa shape index (κ2) is 5.41. The van der Waals surface area contributed by atoms with Crippen LogP contribution in [-0.2, 0) is 9.53 Å². The highest BCUT2D eigenvalue weighted by Gasteiger charge is 2.19. The molecule has 2 aromatic heterocycles. The topological polar surface area (TPSA) is 113 Å². The van der Waals surface area contributed by atoms with E-state index in [0.717, 1.165) is 0 Å². The summed E-state index contributed by atoms with van der Waals surface area (Å²) < 4.78 is 4.88. The number of anilines is 1. The van der Waals surface area contributed by atoms with E-state index in [2.05, 4.69) is 25.3 Å². The first-order valence-corrected chi connectivity index (χ1v) is 5.34. The van der Waals surface area contributed by atoms with Crippen LogP contribution in [-0.4, -0.2) is 50.8 Å². The van der Waals surface area contributed by atoms with Gasteiger partial charge in [0.15, 0.2) is 11.5 Å². The SMILES string of the molecule is COCCC(Nc1ncnc2nc[nH]c12)C(=O)O. The molecule has 2 rings (SSSR count). The highest BCUT2D eigenvalue weighted by Crippen LogP contribution is 2.16. The number of aliphatic carboxylic acids is 1. The molecule has 0 aliphatic rings. The molecule has 0 fully saturated rings. The van der Waals surface area contributed by atoms with E-state index in [1.54, 1.807) is 0 Å². The minimum atomic E-state index is -0.960. The predicted octanol–water partition coefficient (Wildman–Crippen LogP) is 0.254. The van der Waals surface area contributed by atoms with Crippen molar-refractivity contribution in [1.29, 1.82) is 0 Å². The molecule has 1 atom stereocenters. The molecule has 0 aliphatic carbocycles. The number of rotatable bonds is 6. The standard InChI is InChI=1S/C10H13N5O3/c1-18-3-2-6(10(16)17)15-9-7-8(12-4-11-7)13-5-14-9/h4-6H,2-3H2,1H3,(H,16,17)(H2,11,12,13,14,15). The van der Waals surface area contributed by atoms with Gasteiger partial charge in [-0.15, -0.1) is 0 Å². The highest BCUT2D eigenvalue weighted by atomic mass is 16.5. The van der Waals surface area contributed by atoms with Gasteiger partial charge in [0.2, 0.25) is 0 Å². The number of nitrogens with one attached hydrogen (secondary N) is 2. The van der Waals surface area contributed by atoms with Gasteiger partial charge in [-0.3, -0.25) is 0 Å². The Labute approximate surface area is 102 Å². The van der Waals surface area contributed by atoms with Gasteiger partial charge in [0, 0.05) is 20.1 Å². The molecule has 0 saturated heterocycles. The maximum Gasteiger partial charge on any atom is 0.326 e. The second-order valence-corrected chi connectivity index (χ2v) is 3.64. The molecule has 8 nitrogen and oxygen atoms in total. The molecule has 1 unspecified atom stereocenters. The Morgan fingerprint density at radius 1 is 1.56 bits per heavy atom. The van der Waals surface area contributed by atoms with E-state index in [1.165, 1.54) is 19.8 Å². The molecule has 0 saturated carbocycles. The molecule has 3 N–H and O–H groups in total.